The second-order valence-corrected chi connectivity index (χ2v) is 3.78. The highest BCUT2D eigenvalue weighted by atomic mass is 16.5. The first-order valence-corrected chi connectivity index (χ1v) is 5.90. The molecule has 1 rings (SSSR count). The number of benzene rings is 1. The molecule has 1 aromatic rings. The van der Waals surface area contributed by atoms with Crippen molar-refractivity contribution in [3.05, 3.63) is 30.3 Å². The van der Waals surface area contributed by atoms with E-state index >= 15 is 0 Å². The molecule has 1 aromatic carbocycles. The van der Waals surface area contributed by atoms with E-state index in [4.69, 9.17) is 10.6 Å². The Morgan fingerprint density at radius 3 is 2.71 bits per heavy atom. The second kappa shape index (κ2) is 8.63. The van der Waals surface area contributed by atoms with E-state index in [9.17, 15) is 0 Å². The lowest BCUT2D eigenvalue weighted by atomic mass is 10.1. The van der Waals surface area contributed by atoms with Gasteiger partial charge in [-0.1, -0.05) is 18.2 Å². The number of rotatable bonds is 7. The molecule has 0 saturated heterocycles. The summed E-state index contributed by atoms with van der Waals surface area (Å²) in [5.74, 6) is 12.3. The Labute approximate surface area is 103 Å². The Morgan fingerprint density at radius 1 is 1.29 bits per heavy atom. The molecule has 17 heavy (non-hydrogen) atoms. The largest absolute Gasteiger partial charge is 0.494 e. The van der Waals surface area contributed by atoms with E-state index in [1.54, 1.807) is 0 Å². The molecule has 0 aromatic heterocycles. The quantitative estimate of drug-likeness (QED) is 0.430. The highest BCUT2D eigenvalue weighted by molar-refractivity contribution is 5.20. The molecular formula is C14H20N2O. The summed E-state index contributed by atoms with van der Waals surface area (Å²) < 4.78 is 5.61. The van der Waals surface area contributed by atoms with E-state index in [-0.39, 0.29) is 6.04 Å². The van der Waals surface area contributed by atoms with Crippen LogP contribution in [0.15, 0.2) is 30.3 Å². The van der Waals surface area contributed by atoms with Crippen LogP contribution in [0.25, 0.3) is 0 Å². The summed E-state index contributed by atoms with van der Waals surface area (Å²) >= 11 is 0. The molecule has 3 heteroatoms. The van der Waals surface area contributed by atoms with Gasteiger partial charge in [0, 0.05) is 12.5 Å². The summed E-state index contributed by atoms with van der Waals surface area (Å²) in [6.45, 7) is 2.52. The Balaban J connectivity index is 2.20. The van der Waals surface area contributed by atoms with Gasteiger partial charge in [0.2, 0.25) is 0 Å². The molecule has 0 aliphatic rings. The first-order valence-electron chi connectivity index (χ1n) is 5.90. The van der Waals surface area contributed by atoms with E-state index in [0.29, 0.717) is 6.61 Å². The van der Waals surface area contributed by atoms with Gasteiger partial charge in [0.05, 0.1) is 6.61 Å². The predicted octanol–water partition coefficient (Wildman–Crippen LogP) is 2.09. The van der Waals surface area contributed by atoms with Crippen LogP contribution in [0.1, 0.15) is 26.2 Å². The Morgan fingerprint density at radius 2 is 2.06 bits per heavy atom. The smallest absolute Gasteiger partial charge is 0.119 e. The topological polar surface area (TPSA) is 47.3 Å². The zero-order valence-electron chi connectivity index (χ0n) is 10.3. The van der Waals surface area contributed by atoms with Gasteiger partial charge in [-0.25, -0.2) is 0 Å². The summed E-state index contributed by atoms with van der Waals surface area (Å²) in [5.41, 5.74) is 2.80. The molecule has 0 aliphatic heterocycles. The Kier molecular flexibility index (Phi) is 6.89. The van der Waals surface area contributed by atoms with E-state index < -0.39 is 0 Å². The first-order chi connectivity index (χ1) is 8.36. The van der Waals surface area contributed by atoms with Crippen LogP contribution in [0, 0.1) is 11.8 Å². The first kappa shape index (κ1) is 13.6. The van der Waals surface area contributed by atoms with Crippen LogP contribution in [-0.2, 0) is 0 Å². The van der Waals surface area contributed by atoms with Gasteiger partial charge in [0.15, 0.2) is 0 Å². The van der Waals surface area contributed by atoms with Gasteiger partial charge in [0.25, 0.3) is 0 Å². The van der Waals surface area contributed by atoms with Crippen LogP contribution in [0.2, 0.25) is 0 Å². The zero-order chi connectivity index (χ0) is 12.3. The summed E-state index contributed by atoms with van der Waals surface area (Å²) in [6, 6.07) is 10.1. The lowest BCUT2D eigenvalue weighted by Crippen LogP contribution is -2.36. The summed E-state index contributed by atoms with van der Waals surface area (Å²) in [7, 11) is 0. The summed E-state index contributed by atoms with van der Waals surface area (Å²) in [4.78, 5) is 0. The second-order valence-electron chi connectivity index (χ2n) is 3.78. The number of hydrogen-bond acceptors (Lipinski definition) is 3. The average molecular weight is 232 g/mol. The van der Waals surface area contributed by atoms with Gasteiger partial charge in [-0.05, 0) is 31.9 Å². The molecule has 0 heterocycles. The third-order valence-electron chi connectivity index (χ3n) is 2.51. The fraction of sp³-hybridized carbons (Fsp3) is 0.429. The van der Waals surface area contributed by atoms with Crippen molar-refractivity contribution in [2.24, 2.45) is 5.84 Å². The number of hydrogen-bond donors (Lipinski definition) is 2. The monoisotopic (exact) mass is 232 g/mol. The van der Waals surface area contributed by atoms with Crippen molar-refractivity contribution in [3.63, 3.8) is 0 Å². The Hall–Kier alpha value is -1.50. The van der Waals surface area contributed by atoms with Gasteiger partial charge < -0.3 is 4.74 Å². The third-order valence-corrected chi connectivity index (χ3v) is 2.51. The summed E-state index contributed by atoms with van der Waals surface area (Å²) in [6.07, 6.45) is 2.71. The van der Waals surface area contributed by atoms with E-state index in [1.165, 1.54) is 0 Å². The van der Waals surface area contributed by atoms with E-state index in [1.807, 2.05) is 37.3 Å². The molecule has 0 spiro atoms. The van der Waals surface area contributed by atoms with Crippen molar-refractivity contribution < 1.29 is 4.74 Å². The molecule has 0 radical (unpaired) electrons. The van der Waals surface area contributed by atoms with Crippen LogP contribution < -0.4 is 16.0 Å². The van der Waals surface area contributed by atoms with Gasteiger partial charge >= 0.3 is 0 Å². The number of nitrogens with two attached hydrogens (primary N) is 1. The molecule has 0 aliphatic carbocycles. The van der Waals surface area contributed by atoms with Crippen molar-refractivity contribution in [2.75, 3.05) is 6.61 Å². The maximum atomic E-state index is 5.61. The number of ether oxygens (including phenoxy) is 1. The standard InChI is InChI=1S/C14H20N2O/c1-2-3-5-8-13(16-15)11-12-17-14-9-6-4-7-10-14/h4,6-7,9-10,13,16H,5,8,11-12,15H2,1H3. The number of nitrogens with one attached hydrogen (secondary N) is 1. The minimum absolute atomic E-state index is 0.263. The van der Waals surface area contributed by atoms with Gasteiger partial charge in [-0.2, -0.15) is 0 Å². The van der Waals surface area contributed by atoms with Crippen molar-refractivity contribution in [2.45, 2.75) is 32.2 Å². The molecule has 1 unspecified atom stereocenters. The third kappa shape index (κ3) is 5.96. The van der Waals surface area contributed by atoms with Crippen LogP contribution >= 0.6 is 0 Å². The van der Waals surface area contributed by atoms with Crippen LogP contribution in [-0.4, -0.2) is 12.6 Å². The van der Waals surface area contributed by atoms with E-state index in [0.717, 1.165) is 25.0 Å². The highest BCUT2D eigenvalue weighted by Gasteiger charge is 2.05. The number of hydrazine groups is 1. The highest BCUT2D eigenvalue weighted by Crippen LogP contribution is 2.09. The lowest BCUT2D eigenvalue weighted by Gasteiger charge is -2.14. The van der Waals surface area contributed by atoms with E-state index in [2.05, 4.69) is 17.3 Å². The molecule has 3 N–H and O–H groups in total. The van der Waals surface area contributed by atoms with Gasteiger partial charge in [-0.15, -0.1) is 11.8 Å². The lowest BCUT2D eigenvalue weighted by molar-refractivity contribution is 0.282. The molecule has 1 atom stereocenters. The minimum Gasteiger partial charge on any atom is -0.494 e. The van der Waals surface area contributed by atoms with Crippen LogP contribution in [0.5, 0.6) is 5.75 Å². The zero-order valence-corrected chi connectivity index (χ0v) is 10.3. The van der Waals surface area contributed by atoms with Crippen LogP contribution in [0.4, 0.5) is 0 Å². The average Bonchev–Trinajstić information content (AvgIpc) is 2.38. The molecule has 92 valence electrons. The molecule has 0 bridgehead atoms. The predicted molar refractivity (Wildman–Crippen MR) is 70.3 cm³/mol. The fourth-order valence-corrected chi connectivity index (χ4v) is 1.52. The SMILES string of the molecule is CC#CCCC(CCOc1ccccc1)NN. The summed E-state index contributed by atoms with van der Waals surface area (Å²) in [5, 5.41) is 0. The molecule has 0 saturated carbocycles. The minimum atomic E-state index is 0.263. The fourth-order valence-electron chi connectivity index (χ4n) is 1.52. The van der Waals surface area contributed by atoms with Crippen molar-refractivity contribution >= 4 is 0 Å². The van der Waals surface area contributed by atoms with Gasteiger partial charge in [-0.3, -0.25) is 11.3 Å². The van der Waals surface area contributed by atoms with Crippen LogP contribution in [0.3, 0.4) is 0 Å². The maximum absolute atomic E-state index is 5.61. The molecular weight excluding hydrogens is 212 g/mol. The Bertz CT molecular complexity index is 353. The van der Waals surface area contributed by atoms with Crippen molar-refractivity contribution in [1.82, 2.24) is 5.43 Å². The molecule has 3 nitrogen and oxygen atoms in total. The molecule has 0 fully saturated rings. The molecule has 0 amide bonds. The normalized spacial score (nSPS) is 11.4. The number of para-hydroxylation sites is 1. The van der Waals surface area contributed by atoms with Crippen molar-refractivity contribution in [1.29, 1.82) is 0 Å². The van der Waals surface area contributed by atoms with Crippen molar-refractivity contribution in [3.8, 4) is 17.6 Å². The van der Waals surface area contributed by atoms with Gasteiger partial charge in [0.1, 0.15) is 5.75 Å². The maximum Gasteiger partial charge on any atom is 0.119 e.